The summed E-state index contributed by atoms with van der Waals surface area (Å²) in [6, 6.07) is 12.9. The van der Waals surface area contributed by atoms with Crippen LogP contribution in [-0.4, -0.2) is 75.2 Å². The SMILES string of the molecule is CC(C)(C)OC(=O)N1CC(N)C(CN[C@@H](c2nc(-c3cc(F)ccc3F)cn2Cc2ccccc2)C(C)(C)C)C1.OCCO. The molecule has 2 aromatic carbocycles. The van der Waals surface area contributed by atoms with Crippen LogP contribution in [0.25, 0.3) is 11.3 Å². The van der Waals surface area contributed by atoms with E-state index in [9.17, 15) is 13.6 Å². The lowest BCUT2D eigenvalue weighted by atomic mass is 9.85. The molecular formula is C33H47F2N5O4. The van der Waals surface area contributed by atoms with E-state index in [0.29, 0.717) is 37.7 Å². The standard InChI is InChI=1S/C31H41F2N5O2.C2H6O2/c1-30(2,3)27(35-15-21-17-38(18-25(21)34)29(39)40-31(4,5)6)28-36-26(23-14-22(32)12-13-24(23)33)19-37(28)16-20-10-8-7-9-11-20;3-1-2-4/h7-14,19,21,25,27,35H,15-18,34H2,1-6H3;3-4H,1-2H2/t21?,25?,27-;/m0./s1. The normalized spacial score (nSPS) is 17.7. The van der Waals surface area contributed by atoms with E-state index < -0.39 is 17.2 Å². The lowest BCUT2D eigenvalue weighted by Gasteiger charge is -2.33. The van der Waals surface area contributed by atoms with E-state index in [2.05, 4.69) is 26.1 Å². The van der Waals surface area contributed by atoms with Crippen molar-refractivity contribution in [2.24, 2.45) is 17.1 Å². The molecule has 3 aromatic rings. The minimum absolute atomic E-state index is 0.00929. The molecular weight excluding hydrogens is 568 g/mol. The average Bonchev–Trinajstić information content (AvgIpc) is 3.52. The number of likely N-dealkylation sites (tertiary alicyclic amines) is 1. The fourth-order valence-electron chi connectivity index (χ4n) is 5.03. The van der Waals surface area contributed by atoms with E-state index in [1.165, 1.54) is 6.07 Å². The first-order valence-corrected chi connectivity index (χ1v) is 14.9. The highest BCUT2D eigenvalue weighted by molar-refractivity contribution is 5.68. The number of rotatable bonds is 8. The van der Waals surface area contributed by atoms with Crippen molar-refractivity contribution in [3.8, 4) is 11.3 Å². The molecule has 44 heavy (non-hydrogen) atoms. The van der Waals surface area contributed by atoms with E-state index in [1.54, 1.807) is 11.1 Å². The van der Waals surface area contributed by atoms with Crippen molar-refractivity contribution in [3.63, 3.8) is 0 Å². The van der Waals surface area contributed by atoms with E-state index in [1.807, 2.05) is 55.7 Å². The minimum Gasteiger partial charge on any atom is -0.444 e. The van der Waals surface area contributed by atoms with Crippen LogP contribution in [0.5, 0.6) is 0 Å². The van der Waals surface area contributed by atoms with Crippen LogP contribution < -0.4 is 11.1 Å². The Hall–Kier alpha value is -3.38. The fraction of sp³-hybridized carbons (Fsp3) is 0.515. The third-order valence-electron chi connectivity index (χ3n) is 7.16. The quantitative estimate of drug-likeness (QED) is 0.289. The van der Waals surface area contributed by atoms with Crippen LogP contribution in [0.15, 0.2) is 54.7 Å². The summed E-state index contributed by atoms with van der Waals surface area (Å²) in [5.41, 5.74) is 7.14. The summed E-state index contributed by atoms with van der Waals surface area (Å²) in [5, 5.41) is 18.9. The van der Waals surface area contributed by atoms with Crippen molar-refractivity contribution in [3.05, 3.63) is 77.8 Å². The molecule has 1 amide bonds. The predicted molar refractivity (Wildman–Crippen MR) is 167 cm³/mol. The first kappa shape index (κ1) is 35.1. The molecule has 1 fully saturated rings. The molecule has 0 bridgehead atoms. The monoisotopic (exact) mass is 615 g/mol. The maximum atomic E-state index is 14.8. The number of aliphatic hydroxyl groups excluding tert-OH is 2. The van der Waals surface area contributed by atoms with E-state index >= 15 is 0 Å². The Morgan fingerprint density at radius 2 is 1.73 bits per heavy atom. The zero-order valence-corrected chi connectivity index (χ0v) is 26.6. The number of hydrogen-bond acceptors (Lipinski definition) is 7. The van der Waals surface area contributed by atoms with E-state index in [0.717, 1.165) is 17.7 Å². The lowest BCUT2D eigenvalue weighted by molar-refractivity contribution is 0.0286. The Labute approximate surface area is 259 Å². The van der Waals surface area contributed by atoms with Crippen LogP contribution in [0.2, 0.25) is 0 Å². The topological polar surface area (TPSA) is 126 Å². The Kier molecular flexibility index (Phi) is 12.0. The number of aliphatic hydroxyl groups is 2. The summed E-state index contributed by atoms with van der Waals surface area (Å²) in [7, 11) is 0. The third-order valence-corrected chi connectivity index (χ3v) is 7.16. The van der Waals surface area contributed by atoms with Crippen LogP contribution >= 0.6 is 0 Å². The number of nitrogens with one attached hydrogen (secondary N) is 1. The molecule has 4 rings (SSSR count). The maximum absolute atomic E-state index is 14.8. The average molecular weight is 616 g/mol. The molecule has 3 atom stereocenters. The summed E-state index contributed by atoms with van der Waals surface area (Å²) in [6.07, 6.45) is 1.42. The highest BCUT2D eigenvalue weighted by atomic mass is 19.1. The number of imidazole rings is 1. The first-order chi connectivity index (χ1) is 20.6. The molecule has 2 heterocycles. The van der Waals surface area contributed by atoms with E-state index in [-0.39, 0.29) is 48.3 Å². The van der Waals surface area contributed by atoms with Gasteiger partial charge in [-0.1, -0.05) is 51.1 Å². The highest BCUT2D eigenvalue weighted by Gasteiger charge is 2.37. The number of nitrogens with zero attached hydrogens (tertiary/aromatic N) is 3. The summed E-state index contributed by atoms with van der Waals surface area (Å²) in [4.78, 5) is 19.2. The van der Waals surface area contributed by atoms with Crippen molar-refractivity contribution in [1.82, 2.24) is 19.8 Å². The largest absolute Gasteiger partial charge is 0.444 e. The van der Waals surface area contributed by atoms with Crippen LogP contribution in [0.3, 0.4) is 0 Å². The second-order valence-corrected chi connectivity index (χ2v) is 13.2. The number of carbonyl (C=O) groups is 1. The molecule has 1 saturated heterocycles. The molecule has 1 aromatic heterocycles. The molecule has 5 N–H and O–H groups in total. The second-order valence-electron chi connectivity index (χ2n) is 13.2. The van der Waals surface area contributed by atoms with Gasteiger partial charge in [-0.25, -0.2) is 18.6 Å². The fourth-order valence-corrected chi connectivity index (χ4v) is 5.03. The van der Waals surface area contributed by atoms with Gasteiger partial charge in [0, 0.05) is 49.9 Å². The van der Waals surface area contributed by atoms with Gasteiger partial charge in [-0.2, -0.15) is 0 Å². The van der Waals surface area contributed by atoms with Gasteiger partial charge < -0.3 is 35.5 Å². The Bertz CT molecular complexity index is 1350. The molecule has 0 radical (unpaired) electrons. The number of amides is 1. The summed E-state index contributed by atoms with van der Waals surface area (Å²) < 4.78 is 36.4. The number of aromatic nitrogens is 2. The Morgan fingerprint density at radius 1 is 1.07 bits per heavy atom. The molecule has 1 aliphatic heterocycles. The molecule has 0 aliphatic carbocycles. The van der Waals surface area contributed by atoms with Gasteiger partial charge in [-0.05, 0) is 49.9 Å². The predicted octanol–water partition coefficient (Wildman–Crippen LogP) is 4.72. The molecule has 242 valence electrons. The van der Waals surface area contributed by atoms with Crippen LogP contribution in [0.4, 0.5) is 13.6 Å². The second kappa shape index (κ2) is 15.1. The Morgan fingerprint density at radius 3 is 2.32 bits per heavy atom. The number of ether oxygens (including phenoxy) is 1. The van der Waals surface area contributed by atoms with Crippen molar-refractivity contribution < 1.29 is 28.5 Å². The lowest BCUT2D eigenvalue weighted by Crippen LogP contribution is -2.41. The summed E-state index contributed by atoms with van der Waals surface area (Å²) in [6.45, 7) is 13.6. The zero-order valence-electron chi connectivity index (χ0n) is 26.6. The molecule has 9 nitrogen and oxygen atoms in total. The first-order valence-electron chi connectivity index (χ1n) is 14.9. The van der Waals surface area contributed by atoms with Gasteiger partial charge in [-0.3, -0.25) is 0 Å². The van der Waals surface area contributed by atoms with Crippen LogP contribution in [-0.2, 0) is 11.3 Å². The third kappa shape index (κ3) is 9.82. The van der Waals surface area contributed by atoms with Gasteiger partial charge in [0.15, 0.2) is 0 Å². The smallest absolute Gasteiger partial charge is 0.410 e. The van der Waals surface area contributed by atoms with Gasteiger partial charge >= 0.3 is 6.09 Å². The molecule has 2 unspecified atom stereocenters. The summed E-state index contributed by atoms with van der Waals surface area (Å²) in [5.74, 6) is -0.330. The highest BCUT2D eigenvalue weighted by Crippen LogP contribution is 2.35. The zero-order chi connectivity index (χ0) is 32.7. The number of hydrogen-bond donors (Lipinski definition) is 4. The van der Waals surface area contributed by atoms with Crippen molar-refractivity contribution in [2.45, 2.75) is 65.8 Å². The van der Waals surface area contributed by atoms with Crippen molar-refractivity contribution >= 4 is 6.09 Å². The maximum Gasteiger partial charge on any atom is 0.410 e. The molecule has 0 spiro atoms. The number of halogens is 2. The Balaban J connectivity index is 0.00000124. The summed E-state index contributed by atoms with van der Waals surface area (Å²) >= 11 is 0. The van der Waals surface area contributed by atoms with Crippen LogP contribution in [0.1, 0.15) is 59.0 Å². The van der Waals surface area contributed by atoms with Gasteiger partial charge in [0.25, 0.3) is 0 Å². The van der Waals surface area contributed by atoms with Crippen molar-refractivity contribution in [2.75, 3.05) is 32.8 Å². The number of nitrogens with two attached hydrogens (primary N) is 1. The minimum atomic E-state index is -0.580. The van der Waals surface area contributed by atoms with Gasteiger partial charge in [-0.15, -0.1) is 0 Å². The number of benzene rings is 2. The number of carbonyl (C=O) groups excluding carboxylic acids is 1. The van der Waals surface area contributed by atoms with Crippen molar-refractivity contribution in [1.29, 1.82) is 0 Å². The van der Waals surface area contributed by atoms with E-state index in [4.69, 9.17) is 25.7 Å². The molecule has 1 aliphatic rings. The molecule has 0 saturated carbocycles. The van der Waals surface area contributed by atoms with Gasteiger partial charge in [0.05, 0.1) is 24.9 Å². The van der Waals surface area contributed by atoms with Gasteiger partial charge in [0.1, 0.15) is 23.1 Å². The van der Waals surface area contributed by atoms with Crippen LogP contribution in [0, 0.1) is 23.0 Å². The van der Waals surface area contributed by atoms with Gasteiger partial charge in [0.2, 0.25) is 0 Å². The molecule has 11 heteroatoms.